The maximum absolute atomic E-state index is 12.9. The molecule has 0 saturated heterocycles. The molecular weight excluding hydrogens is 528 g/mol. The van der Waals surface area contributed by atoms with Crippen LogP contribution in [0.1, 0.15) is 48.5 Å². The Morgan fingerprint density at radius 3 is 2.34 bits per heavy atom. The summed E-state index contributed by atoms with van der Waals surface area (Å²) in [4.78, 5) is 12.9. The number of ether oxygens (including phenoxy) is 1. The van der Waals surface area contributed by atoms with E-state index in [9.17, 15) is 13.2 Å². The van der Waals surface area contributed by atoms with Crippen molar-refractivity contribution < 1.29 is 17.9 Å². The Morgan fingerprint density at radius 1 is 0.971 bits per heavy atom. The quantitative estimate of drug-likeness (QED) is 0.258. The molecule has 3 aromatic rings. The highest BCUT2D eigenvalue weighted by atomic mass is 79.9. The summed E-state index contributed by atoms with van der Waals surface area (Å²) in [5, 5.41) is 2.81. The Morgan fingerprint density at radius 2 is 1.69 bits per heavy atom. The third-order valence-corrected chi connectivity index (χ3v) is 7.96. The van der Waals surface area contributed by atoms with Crippen molar-refractivity contribution >= 4 is 37.5 Å². The molecule has 0 fully saturated rings. The van der Waals surface area contributed by atoms with Gasteiger partial charge in [-0.25, -0.2) is 8.42 Å². The summed E-state index contributed by atoms with van der Waals surface area (Å²) in [6.45, 7) is 3.08. The fourth-order valence-corrected chi connectivity index (χ4v) is 5.14. The van der Waals surface area contributed by atoms with Gasteiger partial charge in [0.2, 0.25) is 10.0 Å². The van der Waals surface area contributed by atoms with Crippen LogP contribution in [0.2, 0.25) is 0 Å². The SMILES string of the molecule is CCCCCCOc1ccc(C(=O)Nc2ccc(S(=O)(=O)N(C)Cc3ccccc3)cc2)cc1Br. The number of halogens is 1. The maximum Gasteiger partial charge on any atom is 0.255 e. The number of rotatable bonds is 12. The molecule has 8 heteroatoms. The molecule has 0 atom stereocenters. The number of hydrogen-bond donors (Lipinski definition) is 1. The second-order valence-corrected chi connectivity index (χ2v) is 11.2. The van der Waals surface area contributed by atoms with Crippen LogP contribution in [-0.2, 0) is 16.6 Å². The monoisotopic (exact) mass is 558 g/mol. The standard InChI is InChI=1S/C27H31BrN2O4S/c1-3-4-5-9-18-34-26-17-12-22(19-25(26)28)27(31)29-23-13-15-24(16-14-23)35(32,33)30(2)20-21-10-7-6-8-11-21/h6-8,10-17,19H,3-5,9,18,20H2,1-2H3,(H,29,31). The topological polar surface area (TPSA) is 75.7 Å². The fraction of sp³-hybridized carbons (Fsp3) is 0.296. The number of unbranched alkanes of at least 4 members (excludes halogenated alkanes) is 3. The number of benzene rings is 3. The summed E-state index contributed by atoms with van der Waals surface area (Å²) in [6, 6.07) is 20.8. The maximum atomic E-state index is 12.9. The van der Waals surface area contributed by atoms with E-state index in [1.807, 2.05) is 30.3 Å². The van der Waals surface area contributed by atoms with Gasteiger partial charge in [-0.2, -0.15) is 4.31 Å². The van der Waals surface area contributed by atoms with Gasteiger partial charge in [0.25, 0.3) is 5.91 Å². The van der Waals surface area contributed by atoms with Crippen LogP contribution < -0.4 is 10.1 Å². The van der Waals surface area contributed by atoms with E-state index in [1.54, 1.807) is 37.4 Å². The molecule has 0 heterocycles. The Labute approximate surface area is 216 Å². The molecule has 0 spiro atoms. The largest absolute Gasteiger partial charge is 0.492 e. The molecule has 0 unspecified atom stereocenters. The summed E-state index contributed by atoms with van der Waals surface area (Å²) < 4.78 is 33.6. The third-order valence-electron chi connectivity index (χ3n) is 5.52. The molecule has 0 aliphatic carbocycles. The molecule has 35 heavy (non-hydrogen) atoms. The minimum Gasteiger partial charge on any atom is -0.492 e. The van der Waals surface area contributed by atoms with Crippen LogP contribution in [0.3, 0.4) is 0 Å². The van der Waals surface area contributed by atoms with E-state index in [0.717, 1.165) is 18.4 Å². The predicted octanol–water partition coefficient (Wildman–Crippen LogP) is 6.48. The second-order valence-electron chi connectivity index (χ2n) is 8.28. The Hall–Kier alpha value is -2.68. The lowest BCUT2D eigenvalue weighted by Gasteiger charge is -2.17. The highest BCUT2D eigenvalue weighted by molar-refractivity contribution is 9.10. The van der Waals surface area contributed by atoms with E-state index in [4.69, 9.17) is 4.74 Å². The Balaban J connectivity index is 1.60. The van der Waals surface area contributed by atoms with Gasteiger partial charge in [0.1, 0.15) is 5.75 Å². The van der Waals surface area contributed by atoms with Gasteiger partial charge in [-0.3, -0.25) is 4.79 Å². The van der Waals surface area contributed by atoms with E-state index in [-0.39, 0.29) is 17.3 Å². The molecule has 186 valence electrons. The predicted molar refractivity (Wildman–Crippen MR) is 143 cm³/mol. The molecule has 0 aliphatic rings. The number of nitrogens with zero attached hydrogens (tertiary/aromatic N) is 1. The molecule has 3 rings (SSSR count). The first-order valence-corrected chi connectivity index (χ1v) is 13.9. The highest BCUT2D eigenvalue weighted by Crippen LogP contribution is 2.27. The highest BCUT2D eigenvalue weighted by Gasteiger charge is 2.21. The zero-order valence-corrected chi connectivity index (χ0v) is 22.4. The number of amides is 1. The van der Waals surface area contributed by atoms with Gasteiger partial charge in [-0.05, 0) is 70.4 Å². The average molecular weight is 560 g/mol. The van der Waals surface area contributed by atoms with Gasteiger partial charge in [-0.15, -0.1) is 0 Å². The van der Waals surface area contributed by atoms with E-state index in [0.29, 0.717) is 28.1 Å². The first-order valence-electron chi connectivity index (χ1n) is 11.7. The minimum atomic E-state index is -3.66. The molecule has 1 amide bonds. The zero-order valence-electron chi connectivity index (χ0n) is 20.0. The van der Waals surface area contributed by atoms with Crippen LogP contribution >= 0.6 is 15.9 Å². The lowest BCUT2D eigenvalue weighted by Crippen LogP contribution is -2.26. The molecule has 0 bridgehead atoms. The molecule has 0 radical (unpaired) electrons. The van der Waals surface area contributed by atoms with Crippen molar-refractivity contribution in [2.75, 3.05) is 19.0 Å². The first kappa shape index (κ1) is 26.9. The molecule has 3 aromatic carbocycles. The Kier molecular flexibility index (Phi) is 9.89. The van der Waals surface area contributed by atoms with E-state index in [2.05, 4.69) is 28.2 Å². The van der Waals surface area contributed by atoms with Crippen LogP contribution in [0.25, 0.3) is 0 Å². The van der Waals surface area contributed by atoms with Crippen molar-refractivity contribution in [3.63, 3.8) is 0 Å². The fourth-order valence-electron chi connectivity index (χ4n) is 3.49. The van der Waals surface area contributed by atoms with Crippen molar-refractivity contribution in [1.82, 2.24) is 4.31 Å². The summed E-state index contributed by atoms with van der Waals surface area (Å²) in [6.07, 6.45) is 4.51. The zero-order chi connectivity index (χ0) is 25.3. The molecule has 0 aromatic heterocycles. The van der Waals surface area contributed by atoms with Crippen LogP contribution in [0.15, 0.2) is 82.2 Å². The molecular formula is C27H31BrN2O4S. The van der Waals surface area contributed by atoms with E-state index < -0.39 is 10.0 Å². The van der Waals surface area contributed by atoms with Gasteiger partial charge >= 0.3 is 0 Å². The first-order chi connectivity index (χ1) is 16.8. The van der Waals surface area contributed by atoms with Crippen LogP contribution in [0, 0.1) is 0 Å². The molecule has 1 N–H and O–H groups in total. The summed E-state index contributed by atoms with van der Waals surface area (Å²) >= 11 is 3.48. The van der Waals surface area contributed by atoms with Crippen LogP contribution in [-0.4, -0.2) is 32.3 Å². The number of anilines is 1. The summed E-state index contributed by atoms with van der Waals surface area (Å²) in [5.41, 5.74) is 1.88. The van der Waals surface area contributed by atoms with Crippen molar-refractivity contribution in [1.29, 1.82) is 0 Å². The van der Waals surface area contributed by atoms with Crippen LogP contribution in [0.5, 0.6) is 5.75 Å². The van der Waals surface area contributed by atoms with E-state index >= 15 is 0 Å². The third kappa shape index (κ3) is 7.65. The Bertz CT molecular complexity index is 1220. The normalized spacial score (nSPS) is 11.4. The van der Waals surface area contributed by atoms with Crippen molar-refractivity contribution in [2.45, 2.75) is 44.0 Å². The number of carbonyl (C=O) groups excluding carboxylic acids is 1. The average Bonchev–Trinajstić information content (AvgIpc) is 2.85. The van der Waals surface area contributed by atoms with Gasteiger partial charge < -0.3 is 10.1 Å². The van der Waals surface area contributed by atoms with Crippen LogP contribution in [0.4, 0.5) is 5.69 Å². The molecule has 6 nitrogen and oxygen atoms in total. The molecule has 0 saturated carbocycles. The van der Waals surface area contributed by atoms with Gasteiger partial charge in [-0.1, -0.05) is 56.5 Å². The minimum absolute atomic E-state index is 0.164. The number of carbonyl (C=O) groups is 1. The van der Waals surface area contributed by atoms with Crippen molar-refractivity contribution in [3.05, 3.63) is 88.4 Å². The lowest BCUT2D eigenvalue weighted by molar-refractivity contribution is 0.102. The van der Waals surface area contributed by atoms with Crippen molar-refractivity contribution in [2.24, 2.45) is 0 Å². The smallest absolute Gasteiger partial charge is 0.255 e. The molecule has 0 aliphatic heterocycles. The van der Waals surface area contributed by atoms with Gasteiger partial charge in [0.05, 0.1) is 16.0 Å². The number of sulfonamides is 1. The second kappa shape index (κ2) is 12.9. The van der Waals surface area contributed by atoms with Gasteiger partial charge in [0.15, 0.2) is 0 Å². The summed E-state index contributed by atoms with van der Waals surface area (Å²) in [7, 11) is -2.11. The van der Waals surface area contributed by atoms with Crippen molar-refractivity contribution in [3.8, 4) is 5.75 Å². The summed E-state index contributed by atoms with van der Waals surface area (Å²) in [5.74, 6) is 0.407. The van der Waals surface area contributed by atoms with E-state index in [1.165, 1.54) is 29.3 Å². The van der Waals surface area contributed by atoms with Gasteiger partial charge in [0, 0.05) is 24.8 Å². The lowest BCUT2D eigenvalue weighted by atomic mass is 10.2. The number of nitrogens with one attached hydrogen (secondary N) is 1. The number of hydrogen-bond acceptors (Lipinski definition) is 4.